The average molecular weight is 205 g/mol. The molecule has 0 radical (unpaired) electrons. The standard InChI is InChI=1S/C10H11N3O2/c1-12-10(14)13-8-4-2-3-5-9(8)15-7-6-11/h2-5H,7H2,1H3,(H2,12,13,14). The van der Waals surface area contributed by atoms with Crippen molar-refractivity contribution in [1.29, 1.82) is 5.26 Å². The zero-order valence-corrected chi connectivity index (χ0v) is 8.28. The third-order valence-corrected chi connectivity index (χ3v) is 1.65. The Morgan fingerprint density at radius 2 is 2.27 bits per heavy atom. The molecule has 0 fully saturated rings. The highest BCUT2D eigenvalue weighted by Crippen LogP contribution is 2.23. The van der Waals surface area contributed by atoms with Gasteiger partial charge in [-0.15, -0.1) is 0 Å². The van der Waals surface area contributed by atoms with Crippen LogP contribution in [-0.2, 0) is 0 Å². The highest BCUT2D eigenvalue weighted by Gasteiger charge is 2.04. The Morgan fingerprint density at radius 1 is 1.53 bits per heavy atom. The maximum Gasteiger partial charge on any atom is 0.319 e. The number of hydrogen-bond acceptors (Lipinski definition) is 3. The third-order valence-electron chi connectivity index (χ3n) is 1.65. The second-order valence-electron chi connectivity index (χ2n) is 2.65. The second kappa shape index (κ2) is 5.50. The van der Waals surface area contributed by atoms with Gasteiger partial charge in [0.25, 0.3) is 0 Å². The van der Waals surface area contributed by atoms with Crippen LogP contribution >= 0.6 is 0 Å². The van der Waals surface area contributed by atoms with E-state index in [2.05, 4.69) is 10.6 Å². The monoisotopic (exact) mass is 205 g/mol. The fraction of sp³-hybridized carbons (Fsp3) is 0.200. The highest BCUT2D eigenvalue weighted by atomic mass is 16.5. The Bertz CT molecular complexity index is 384. The van der Waals surface area contributed by atoms with Gasteiger partial charge in [0.15, 0.2) is 6.61 Å². The Balaban J connectivity index is 2.77. The molecule has 1 aromatic rings. The molecule has 1 rings (SSSR count). The van der Waals surface area contributed by atoms with Crippen LogP contribution in [0.2, 0.25) is 0 Å². The Morgan fingerprint density at radius 3 is 2.93 bits per heavy atom. The van der Waals surface area contributed by atoms with Crippen molar-refractivity contribution >= 4 is 11.7 Å². The maximum atomic E-state index is 11.1. The number of carbonyl (C=O) groups is 1. The third kappa shape index (κ3) is 3.19. The van der Waals surface area contributed by atoms with Gasteiger partial charge in [-0.25, -0.2) is 4.79 Å². The number of nitriles is 1. The number of carbonyl (C=O) groups excluding carboxylic acids is 1. The summed E-state index contributed by atoms with van der Waals surface area (Å²) in [5.41, 5.74) is 0.534. The van der Waals surface area contributed by atoms with Crippen molar-refractivity contribution in [1.82, 2.24) is 5.32 Å². The Hall–Kier alpha value is -2.22. The van der Waals surface area contributed by atoms with Crippen LogP contribution < -0.4 is 15.4 Å². The molecule has 5 heteroatoms. The first-order valence-corrected chi connectivity index (χ1v) is 4.35. The van der Waals surface area contributed by atoms with Crippen molar-refractivity contribution in [3.05, 3.63) is 24.3 Å². The van der Waals surface area contributed by atoms with E-state index in [9.17, 15) is 4.79 Å². The summed E-state index contributed by atoms with van der Waals surface area (Å²) in [5, 5.41) is 13.4. The molecule has 78 valence electrons. The van der Waals surface area contributed by atoms with Crippen molar-refractivity contribution in [2.24, 2.45) is 0 Å². The quantitative estimate of drug-likeness (QED) is 0.781. The van der Waals surface area contributed by atoms with Gasteiger partial charge in [-0.3, -0.25) is 0 Å². The van der Waals surface area contributed by atoms with E-state index < -0.39 is 0 Å². The SMILES string of the molecule is CNC(=O)Nc1ccccc1OCC#N. The van der Waals surface area contributed by atoms with Crippen molar-refractivity contribution in [3.63, 3.8) is 0 Å². The molecule has 0 atom stereocenters. The maximum absolute atomic E-state index is 11.1. The minimum absolute atomic E-state index is 0.0492. The zero-order valence-electron chi connectivity index (χ0n) is 8.28. The van der Waals surface area contributed by atoms with Crippen LogP contribution in [0.15, 0.2) is 24.3 Å². The van der Waals surface area contributed by atoms with Crippen LogP contribution in [0.5, 0.6) is 5.75 Å². The molecule has 0 aliphatic carbocycles. The number of anilines is 1. The first-order chi connectivity index (χ1) is 7.27. The van der Waals surface area contributed by atoms with Crippen molar-refractivity contribution in [3.8, 4) is 11.8 Å². The number of benzene rings is 1. The summed E-state index contributed by atoms with van der Waals surface area (Å²) in [6.45, 7) is -0.0492. The molecular weight excluding hydrogens is 194 g/mol. The van der Waals surface area contributed by atoms with Crippen LogP contribution in [0.25, 0.3) is 0 Å². The molecule has 2 N–H and O–H groups in total. The van der Waals surface area contributed by atoms with Crippen molar-refractivity contribution < 1.29 is 9.53 Å². The van der Waals surface area contributed by atoms with Gasteiger partial charge in [0.2, 0.25) is 0 Å². The number of nitrogens with one attached hydrogen (secondary N) is 2. The number of amides is 2. The van der Waals surface area contributed by atoms with Crippen LogP contribution in [0.1, 0.15) is 0 Å². The lowest BCUT2D eigenvalue weighted by Crippen LogP contribution is -2.24. The van der Waals surface area contributed by atoms with E-state index in [1.807, 2.05) is 6.07 Å². The van der Waals surface area contributed by atoms with E-state index in [-0.39, 0.29) is 12.6 Å². The van der Waals surface area contributed by atoms with Gasteiger partial charge >= 0.3 is 6.03 Å². The molecule has 0 unspecified atom stereocenters. The van der Waals surface area contributed by atoms with Gasteiger partial charge < -0.3 is 15.4 Å². The van der Waals surface area contributed by atoms with Gasteiger partial charge in [-0.1, -0.05) is 12.1 Å². The first-order valence-electron chi connectivity index (χ1n) is 4.35. The molecular formula is C10H11N3O2. The number of para-hydroxylation sites is 2. The molecule has 0 saturated carbocycles. The number of nitrogens with zero attached hydrogens (tertiary/aromatic N) is 1. The minimum atomic E-state index is -0.331. The molecule has 1 aromatic carbocycles. The summed E-state index contributed by atoms with van der Waals surface area (Å²) >= 11 is 0. The normalized spacial score (nSPS) is 8.80. The molecule has 0 heterocycles. The van der Waals surface area contributed by atoms with E-state index in [0.717, 1.165) is 0 Å². The summed E-state index contributed by atoms with van der Waals surface area (Å²) in [4.78, 5) is 11.1. The van der Waals surface area contributed by atoms with Gasteiger partial charge in [-0.2, -0.15) is 5.26 Å². The highest BCUT2D eigenvalue weighted by molar-refractivity contribution is 5.90. The van der Waals surface area contributed by atoms with Crippen LogP contribution in [0, 0.1) is 11.3 Å². The Kier molecular flexibility index (Phi) is 3.98. The van der Waals surface area contributed by atoms with Crippen molar-refractivity contribution in [2.45, 2.75) is 0 Å². The van der Waals surface area contributed by atoms with E-state index in [1.165, 1.54) is 7.05 Å². The fourth-order valence-corrected chi connectivity index (χ4v) is 0.991. The summed E-state index contributed by atoms with van der Waals surface area (Å²) in [7, 11) is 1.52. The van der Waals surface area contributed by atoms with E-state index in [4.69, 9.17) is 10.00 Å². The smallest absolute Gasteiger partial charge is 0.319 e. The van der Waals surface area contributed by atoms with Gasteiger partial charge in [0, 0.05) is 7.05 Å². The molecule has 0 aliphatic rings. The molecule has 2 amide bonds. The number of rotatable bonds is 3. The lowest BCUT2D eigenvalue weighted by Gasteiger charge is -2.09. The second-order valence-corrected chi connectivity index (χ2v) is 2.65. The molecule has 0 saturated heterocycles. The molecule has 0 bridgehead atoms. The summed E-state index contributed by atoms with van der Waals surface area (Å²) in [6.07, 6.45) is 0. The number of ether oxygens (including phenoxy) is 1. The summed E-state index contributed by atoms with van der Waals surface area (Å²) < 4.78 is 5.13. The summed E-state index contributed by atoms with van der Waals surface area (Å²) in [6, 6.07) is 8.44. The lowest BCUT2D eigenvalue weighted by atomic mass is 10.3. The van der Waals surface area contributed by atoms with Gasteiger partial charge in [0.1, 0.15) is 11.8 Å². The molecule has 15 heavy (non-hydrogen) atoms. The van der Waals surface area contributed by atoms with Crippen LogP contribution in [0.3, 0.4) is 0 Å². The summed E-state index contributed by atoms with van der Waals surface area (Å²) in [5.74, 6) is 0.475. The number of urea groups is 1. The fourth-order valence-electron chi connectivity index (χ4n) is 0.991. The molecule has 0 aliphatic heterocycles. The predicted molar refractivity (Wildman–Crippen MR) is 55.6 cm³/mol. The van der Waals surface area contributed by atoms with Crippen LogP contribution in [0.4, 0.5) is 10.5 Å². The zero-order chi connectivity index (χ0) is 11.1. The van der Waals surface area contributed by atoms with Crippen LogP contribution in [-0.4, -0.2) is 19.7 Å². The molecule has 0 aromatic heterocycles. The topological polar surface area (TPSA) is 74.2 Å². The van der Waals surface area contributed by atoms with Gasteiger partial charge in [0.05, 0.1) is 5.69 Å². The predicted octanol–water partition coefficient (Wildman–Crippen LogP) is 1.34. The lowest BCUT2D eigenvalue weighted by molar-refractivity contribution is 0.253. The largest absolute Gasteiger partial charge is 0.477 e. The number of hydrogen-bond donors (Lipinski definition) is 2. The molecule has 0 spiro atoms. The Labute approximate surface area is 87.7 Å². The van der Waals surface area contributed by atoms with E-state index >= 15 is 0 Å². The minimum Gasteiger partial charge on any atom is -0.477 e. The van der Waals surface area contributed by atoms with E-state index in [0.29, 0.717) is 11.4 Å². The van der Waals surface area contributed by atoms with Crippen molar-refractivity contribution in [2.75, 3.05) is 19.0 Å². The van der Waals surface area contributed by atoms with E-state index in [1.54, 1.807) is 24.3 Å². The molecule has 5 nitrogen and oxygen atoms in total. The first kappa shape index (κ1) is 10.9. The average Bonchev–Trinajstić information content (AvgIpc) is 2.28. The van der Waals surface area contributed by atoms with Gasteiger partial charge in [-0.05, 0) is 12.1 Å².